The molecule has 0 spiro atoms. The fourth-order valence-corrected chi connectivity index (χ4v) is 3.05. The van der Waals surface area contributed by atoms with E-state index in [0.29, 0.717) is 18.1 Å². The van der Waals surface area contributed by atoms with Crippen LogP contribution in [0.4, 0.5) is 5.82 Å². The zero-order chi connectivity index (χ0) is 20.4. The zero-order valence-corrected chi connectivity index (χ0v) is 16.6. The van der Waals surface area contributed by atoms with Crippen LogP contribution in [-0.2, 0) is 11.3 Å². The second kappa shape index (κ2) is 7.87. The number of ether oxygens (including phenoxy) is 3. The van der Waals surface area contributed by atoms with E-state index in [9.17, 15) is 4.79 Å². The lowest BCUT2D eigenvalue weighted by atomic mass is 10.1. The van der Waals surface area contributed by atoms with E-state index in [-0.39, 0.29) is 12.7 Å². The Morgan fingerprint density at radius 2 is 1.97 bits per heavy atom. The average molecular weight is 393 g/mol. The van der Waals surface area contributed by atoms with Gasteiger partial charge in [-0.2, -0.15) is 5.10 Å². The molecule has 29 heavy (non-hydrogen) atoms. The molecule has 0 bridgehead atoms. The highest BCUT2D eigenvalue weighted by atomic mass is 16.7. The number of aryl methyl sites for hydroxylation is 2. The highest BCUT2D eigenvalue weighted by Gasteiger charge is 2.18. The van der Waals surface area contributed by atoms with Crippen LogP contribution in [0.25, 0.3) is 0 Å². The molecule has 0 unspecified atom stereocenters. The topological polar surface area (TPSA) is 74.6 Å². The van der Waals surface area contributed by atoms with Crippen LogP contribution in [0.3, 0.4) is 0 Å². The molecule has 2 aromatic carbocycles. The number of anilines is 1. The molecule has 3 aromatic rings. The van der Waals surface area contributed by atoms with E-state index in [1.54, 1.807) is 23.9 Å². The van der Waals surface area contributed by atoms with Crippen molar-refractivity contribution in [3.8, 4) is 17.2 Å². The molecule has 1 atom stereocenters. The number of nitrogens with zero attached hydrogens (tertiary/aromatic N) is 2. The molecule has 0 saturated heterocycles. The van der Waals surface area contributed by atoms with Crippen molar-refractivity contribution >= 4 is 11.7 Å². The summed E-state index contributed by atoms with van der Waals surface area (Å²) in [7, 11) is 0. The molecule has 1 N–H and O–H groups in total. The summed E-state index contributed by atoms with van der Waals surface area (Å²) in [4.78, 5) is 12.6. The van der Waals surface area contributed by atoms with Crippen molar-refractivity contribution in [3.05, 3.63) is 65.4 Å². The van der Waals surface area contributed by atoms with E-state index >= 15 is 0 Å². The van der Waals surface area contributed by atoms with Gasteiger partial charge in [-0.3, -0.25) is 4.79 Å². The van der Waals surface area contributed by atoms with Crippen molar-refractivity contribution in [2.24, 2.45) is 0 Å². The molecule has 0 fully saturated rings. The Morgan fingerprint density at radius 3 is 2.79 bits per heavy atom. The first-order valence-corrected chi connectivity index (χ1v) is 9.45. The Kier molecular flexibility index (Phi) is 5.12. The lowest BCUT2D eigenvalue weighted by Crippen LogP contribution is -2.31. The van der Waals surface area contributed by atoms with E-state index in [0.717, 1.165) is 22.6 Å². The molecule has 1 aliphatic rings. The number of rotatable bonds is 6. The summed E-state index contributed by atoms with van der Waals surface area (Å²) in [6.45, 7) is 6.51. The third kappa shape index (κ3) is 4.18. The van der Waals surface area contributed by atoms with Crippen molar-refractivity contribution in [1.82, 2.24) is 9.78 Å². The molecule has 0 radical (unpaired) electrons. The number of carbonyl (C=O) groups excluding carboxylic acids is 1. The minimum atomic E-state index is -0.647. The smallest absolute Gasteiger partial charge is 0.266 e. The van der Waals surface area contributed by atoms with Crippen LogP contribution in [0.2, 0.25) is 0 Å². The van der Waals surface area contributed by atoms with Crippen molar-refractivity contribution < 1.29 is 19.0 Å². The number of hydrogen-bond acceptors (Lipinski definition) is 5. The van der Waals surface area contributed by atoms with Gasteiger partial charge in [0.1, 0.15) is 11.6 Å². The lowest BCUT2D eigenvalue weighted by Gasteiger charge is -2.16. The molecule has 4 rings (SSSR count). The van der Waals surface area contributed by atoms with Gasteiger partial charge in [-0.05, 0) is 61.7 Å². The summed E-state index contributed by atoms with van der Waals surface area (Å²) in [5, 5.41) is 7.20. The summed E-state index contributed by atoms with van der Waals surface area (Å²) in [6, 6.07) is 13.3. The van der Waals surface area contributed by atoms with Gasteiger partial charge >= 0.3 is 0 Å². The largest absolute Gasteiger partial charge is 0.481 e. The Bertz CT molecular complexity index is 1040. The fourth-order valence-electron chi connectivity index (χ4n) is 3.05. The molecule has 150 valence electrons. The first-order valence-electron chi connectivity index (χ1n) is 9.45. The molecule has 2 heterocycles. The van der Waals surface area contributed by atoms with Gasteiger partial charge in [0.25, 0.3) is 5.91 Å². The molecular weight excluding hydrogens is 370 g/mol. The van der Waals surface area contributed by atoms with E-state index in [1.165, 1.54) is 5.56 Å². The van der Waals surface area contributed by atoms with Crippen LogP contribution in [0, 0.1) is 13.8 Å². The number of fused-ring (bicyclic) bond motifs is 1. The van der Waals surface area contributed by atoms with E-state index in [1.807, 2.05) is 50.2 Å². The number of benzene rings is 2. The third-order valence-electron chi connectivity index (χ3n) is 4.90. The average Bonchev–Trinajstić information content (AvgIpc) is 3.34. The highest BCUT2D eigenvalue weighted by Crippen LogP contribution is 2.32. The van der Waals surface area contributed by atoms with Gasteiger partial charge in [0.15, 0.2) is 17.6 Å². The number of amides is 1. The van der Waals surface area contributed by atoms with E-state index in [4.69, 9.17) is 14.2 Å². The van der Waals surface area contributed by atoms with Gasteiger partial charge in [0, 0.05) is 6.07 Å². The standard InChI is InChI=1S/C22H23N3O4/c1-14-4-6-18(10-15(14)2)29-16(3)22(26)24-21-8-9-23-25(21)12-17-5-7-19-20(11-17)28-13-27-19/h4-11,16H,12-13H2,1-3H3,(H,24,26)/t16-/m1/s1. The van der Waals surface area contributed by atoms with Gasteiger partial charge in [-0.15, -0.1) is 0 Å². The summed E-state index contributed by atoms with van der Waals surface area (Å²) >= 11 is 0. The van der Waals surface area contributed by atoms with Crippen molar-refractivity contribution in [2.75, 3.05) is 12.1 Å². The maximum Gasteiger partial charge on any atom is 0.266 e. The van der Waals surface area contributed by atoms with Crippen LogP contribution >= 0.6 is 0 Å². The Balaban J connectivity index is 1.41. The lowest BCUT2D eigenvalue weighted by molar-refractivity contribution is -0.122. The number of nitrogens with one attached hydrogen (secondary N) is 1. The molecule has 0 saturated carbocycles. The first kappa shape index (κ1) is 18.9. The van der Waals surface area contributed by atoms with Gasteiger partial charge < -0.3 is 19.5 Å². The van der Waals surface area contributed by atoms with Crippen molar-refractivity contribution in [1.29, 1.82) is 0 Å². The third-order valence-corrected chi connectivity index (χ3v) is 4.90. The SMILES string of the molecule is Cc1ccc(O[C@H](C)C(=O)Nc2ccnn2Cc2ccc3c(c2)OCO3)cc1C. The van der Waals surface area contributed by atoms with Crippen LogP contribution in [-0.4, -0.2) is 28.6 Å². The molecule has 7 nitrogen and oxygen atoms in total. The molecule has 7 heteroatoms. The Morgan fingerprint density at radius 1 is 1.14 bits per heavy atom. The zero-order valence-electron chi connectivity index (χ0n) is 16.6. The molecule has 1 amide bonds. The molecule has 1 aliphatic heterocycles. The second-order valence-electron chi connectivity index (χ2n) is 7.06. The number of hydrogen-bond donors (Lipinski definition) is 1. The minimum absolute atomic E-state index is 0.236. The van der Waals surface area contributed by atoms with Crippen LogP contribution in [0.1, 0.15) is 23.6 Å². The Labute approximate surface area is 169 Å². The van der Waals surface area contributed by atoms with Crippen molar-refractivity contribution in [2.45, 2.75) is 33.4 Å². The molecular formula is C22H23N3O4. The number of aromatic nitrogens is 2. The maximum absolute atomic E-state index is 12.6. The Hall–Kier alpha value is -3.48. The number of carbonyl (C=O) groups is 1. The van der Waals surface area contributed by atoms with Crippen LogP contribution in [0.15, 0.2) is 48.7 Å². The first-order chi connectivity index (χ1) is 14.0. The summed E-state index contributed by atoms with van der Waals surface area (Å²) in [6.07, 6.45) is 1.00. The summed E-state index contributed by atoms with van der Waals surface area (Å²) in [5.74, 6) is 2.49. The molecule has 0 aliphatic carbocycles. The predicted molar refractivity (Wildman–Crippen MR) is 109 cm³/mol. The van der Waals surface area contributed by atoms with E-state index in [2.05, 4.69) is 10.4 Å². The van der Waals surface area contributed by atoms with Gasteiger partial charge in [0.05, 0.1) is 12.7 Å². The maximum atomic E-state index is 12.6. The normalized spacial score (nSPS) is 13.2. The van der Waals surface area contributed by atoms with Gasteiger partial charge in [-0.25, -0.2) is 4.68 Å². The fraction of sp³-hybridized carbons (Fsp3) is 0.273. The minimum Gasteiger partial charge on any atom is -0.481 e. The summed E-state index contributed by atoms with van der Waals surface area (Å²) < 4.78 is 18.3. The van der Waals surface area contributed by atoms with Crippen molar-refractivity contribution in [3.63, 3.8) is 0 Å². The van der Waals surface area contributed by atoms with Crippen LogP contribution < -0.4 is 19.5 Å². The highest BCUT2D eigenvalue weighted by molar-refractivity contribution is 5.93. The van der Waals surface area contributed by atoms with E-state index < -0.39 is 6.10 Å². The predicted octanol–water partition coefficient (Wildman–Crippen LogP) is 3.68. The van der Waals surface area contributed by atoms with Crippen LogP contribution in [0.5, 0.6) is 17.2 Å². The second-order valence-corrected chi connectivity index (χ2v) is 7.06. The van der Waals surface area contributed by atoms with Gasteiger partial charge in [-0.1, -0.05) is 12.1 Å². The summed E-state index contributed by atoms with van der Waals surface area (Å²) in [5.41, 5.74) is 3.30. The molecule has 1 aromatic heterocycles. The monoisotopic (exact) mass is 393 g/mol. The quantitative estimate of drug-likeness (QED) is 0.691. The van der Waals surface area contributed by atoms with Gasteiger partial charge in [0.2, 0.25) is 6.79 Å².